The van der Waals surface area contributed by atoms with Gasteiger partial charge in [0.25, 0.3) is 0 Å². The molecule has 0 amide bonds. The third-order valence-corrected chi connectivity index (χ3v) is 10.4. The topological polar surface area (TPSA) is 24.9 Å². The minimum atomic E-state index is -0.105. The molecule has 40 heavy (non-hydrogen) atoms. The van der Waals surface area contributed by atoms with Crippen LogP contribution in [0.15, 0.2) is 48.5 Å². The highest BCUT2D eigenvalue weighted by molar-refractivity contribution is 5.40. The lowest BCUT2D eigenvalue weighted by molar-refractivity contribution is -0.104. The summed E-state index contributed by atoms with van der Waals surface area (Å²) >= 11 is 0. The van der Waals surface area contributed by atoms with Crippen molar-refractivity contribution in [3.8, 4) is 0 Å². The molecule has 0 aromatic heterocycles. The predicted molar refractivity (Wildman–Crippen MR) is 164 cm³/mol. The number of benzene rings is 2. The lowest BCUT2D eigenvalue weighted by Crippen LogP contribution is -2.60. The smallest absolute Gasteiger partial charge is 0.0690 e. The second-order valence-corrected chi connectivity index (χ2v) is 15.1. The normalized spacial score (nSPS) is 32.3. The van der Waals surface area contributed by atoms with Crippen LogP contribution in [0.25, 0.3) is 0 Å². The Morgan fingerprint density at radius 1 is 0.875 bits per heavy atom. The molecule has 2 saturated heterocycles. The largest absolute Gasteiger partial charge is 0.378 e. The molecule has 4 aliphatic rings. The van der Waals surface area contributed by atoms with Gasteiger partial charge in [-0.15, -0.1) is 0 Å². The van der Waals surface area contributed by atoms with E-state index in [2.05, 4.69) is 107 Å². The van der Waals surface area contributed by atoms with E-state index in [1.165, 1.54) is 36.8 Å². The second kappa shape index (κ2) is 10.5. The SMILES string of the molecule is CC1COCC(c2ccccc2C2CC2)N1C(C)(C)CC1CC1c1ccccc1C1(C)COCCN1C(C)(C)C. The lowest BCUT2D eigenvalue weighted by atomic mass is 9.81. The zero-order chi connectivity index (χ0) is 28.3. The van der Waals surface area contributed by atoms with E-state index >= 15 is 0 Å². The van der Waals surface area contributed by atoms with Crippen molar-refractivity contribution >= 4 is 0 Å². The third-order valence-electron chi connectivity index (χ3n) is 10.4. The molecule has 4 fully saturated rings. The van der Waals surface area contributed by atoms with Crippen LogP contribution in [0.2, 0.25) is 0 Å². The maximum absolute atomic E-state index is 6.21. The fourth-order valence-electron chi connectivity index (χ4n) is 8.62. The minimum Gasteiger partial charge on any atom is -0.378 e. The molecule has 0 spiro atoms. The van der Waals surface area contributed by atoms with E-state index < -0.39 is 0 Å². The standard InChI is InChI=1S/C36H52N2O2/c1-25-22-40-23-33(30-14-9-8-12-28(30)26-16-17-26)38(25)35(5,6)21-27-20-31(27)29-13-10-11-15-32(29)36(7)24-39-19-18-37(36)34(2,3)4/h8-15,25-27,31,33H,16-24H2,1-7H3. The van der Waals surface area contributed by atoms with Crippen LogP contribution in [0.4, 0.5) is 0 Å². The quantitative estimate of drug-likeness (QED) is 0.358. The fraction of sp³-hybridized carbons (Fsp3) is 0.667. The number of hydrogen-bond acceptors (Lipinski definition) is 4. The Bertz CT molecular complexity index is 1200. The van der Waals surface area contributed by atoms with Crippen molar-refractivity contribution < 1.29 is 9.47 Å². The predicted octanol–water partition coefficient (Wildman–Crippen LogP) is 7.64. The zero-order valence-corrected chi connectivity index (χ0v) is 26.1. The van der Waals surface area contributed by atoms with Gasteiger partial charge in [0.05, 0.1) is 38.0 Å². The van der Waals surface area contributed by atoms with Gasteiger partial charge in [0.2, 0.25) is 0 Å². The van der Waals surface area contributed by atoms with Crippen molar-refractivity contribution in [2.24, 2.45) is 5.92 Å². The van der Waals surface area contributed by atoms with E-state index in [4.69, 9.17) is 9.47 Å². The number of nitrogens with zero attached hydrogens (tertiary/aromatic N) is 2. The van der Waals surface area contributed by atoms with Gasteiger partial charge in [-0.2, -0.15) is 0 Å². The summed E-state index contributed by atoms with van der Waals surface area (Å²) in [5.41, 5.74) is 6.18. The Morgan fingerprint density at radius 3 is 2.25 bits per heavy atom. The molecular weight excluding hydrogens is 492 g/mol. The lowest BCUT2D eigenvalue weighted by Gasteiger charge is -2.52. The number of hydrogen-bond donors (Lipinski definition) is 0. The van der Waals surface area contributed by atoms with Gasteiger partial charge in [-0.25, -0.2) is 0 Å². The average molecular weight is 545 g/mol. The zero-order valence-electron chi connectivity index (χ0n) is 26.1. The Morgan fingerprint density at radius 2 is 1.55 bits per heavy atom. The van der Waals surface area contributed by atoms with Crippen LogP contribution < -0.4 is 0 Å². The van der Waals surface area contributed by atoms with Crippen molar-refractivity contribution in [3.05, 3.63) is 70.8 Å². The summed E-state index contributed by atoms with van der Waals surface area (Å²) in [7, 11) is 0. The average Bonchev–Trinajstić information content (AvgIpc) is 3.84. The molecule has 218 valence electrons. The maximum atomic E-state index is 6.21. The van der Waals surface area contributed by atoms with Crippen LogP contribution in [0.1, 0.15) is 114 Å². The summed E-state index contributed by atoms with van der Waals surface area (Å²) in [6.07, 6.45) is 5.18. The highest BCUT2D eigenvalue weighted by atomic mass is 16.5. The summed E-state index contributed by atoms with van der Waals surface area (Å²) in [5.74, 6) is 2.09. The van der Waals surface area contributed by atoms with Crippen molar-refractivity contribution in [1.29, 1.82) is 0 Å². The van der Waals surface area contributed by atoms with Gasteiger partial charge in [-0.1, -0.05) is 48.5 Å². The number of ether oxygens (including phenoxy) is 2. The van der Waals surface area contributed by atoms with Crippen molar-refractivity contribution in [1.82, 2.24) is 9.80 Å². The van der Waals surface area contributed by atoms with Gasteiger partial charge in [0.15, 0.2) is 0 Å². The van der Waals surface area contributed by atoms with E-state index in [-0.39, 0.29) is 16.6 Å². The number of morpholine rings is 2. The summed E-state index contributed by atoms with van der Waals surface area (Å²) in [5, 5.41) is 0. The Hall–Kier alpha value is -1.72. The Kier molecular flexibility index (Phi) is 7.47. The molecular formula is C36H52N2O2. The van der Waals surface area contributed by atoms with Gasteiger partial charge in [0, 0.05) is 23.7 Å². The molecule has 4 heteroatoms. The van der Waals surface area contributed by atoms with Gasteiger partial charge in [0.1, 0.15) is 0 Å². The maximum Gasteiger partial charge on any atom is 0.0690 e. The summed E-state index contributed by atoms with van der Waals surface area (Å²) in [6.45, 7) is 21.0. The molecule has 4 nitrogen and oxygen atoms in total. The molecule has 2 aliphatic heterocycles. The molecule has 0 radical (unpaired) electrons. The molecule has 6 rings (SSSR count). The van der Waals surface area contributed by atoms with Gasteiger partial charge >= 0.3 is 0 Å². The molecule has 2 saturated carbocycles. The molecule has 2 aliphatic carbocycles. The molecule has 0 bridgehead atoms. The van der Waals surface area contributed by atoms with Crippen LogP contribution in [-0.2, 0) is 15.0 Å². The van der Waals surface area contributed by atoms with Gasteiger partial charge in [-0.05, 0) is 114 Å². The first-order chi connectivity index (χ1) is 19.0. The molecule has 2 aromatic carbocycles. The van der Waals surface area contributed by atoms with Crippen LogP contribution in [0.3, 0.4) is 0 Å². The van der Waals surface area contributed by atoms with Gasteiger partial charge < -0.3 is 9.47 Å². The fourth-order valence-corrected chi connectivity index (χ4v) is 8.62. The van der Waals surface area contributed by atoms with E-state index in [9.17, 15) is 0 Å². The molecule has 2 heterocycles. The molecule has 2 aromatic rings. The van der Waals surface area contributed by atoms with Crippen molar-refractivity contribution in [2.75, 3.05) is 33.0 Å². The minimum absolute atomic E-state index is 0.0915. The van der Waals surface area contributed by atoms with Crippen LogP contribution in [0, 0.1) is 5.92 Å². The highest BCUT2D eigenvalue weighted by Gasteiger charge is 2.50. The Labute approximate surface area is 243 Å². The first kappa shape index (κ1) is 28.4. The second-order valence-electron chi connectivity index (χ2n) is 15.1. The van der Waals surface area contributed by atoms with E-state index in [1.54, 1.807) is 11.1 Å². The van der Waals surface area contributed by atoms with E-state index in [0.717, 1.165) is 38.9 Å². The highest BCUT2D eigenvalue weighted by Crippen LogP contribution is 2.56. The Balaban J connectivity index is 1.25. The van der Waals surface area contributed by atoms with Crippen molar-refractivity contribution in [3.63, 3.8) is 0 Å². The first-order valence-corrected chi connectivity index (χ1v) is 15.9. The summed E-state index contributed by atoms with van der Waals surface area (Å²) < 4.78 is 12.4. The van der Waals surface area contributed by atoms with E-state index in [0.29, 0.717) is 23.9 Å². The van der Waals surface area contributed by atoms with Crippen molar-refractivity contribution in [2.45, 2.75) is 115 Å². The monoisotopic (exact) mass is 544 g/mol. The molecule has 5 unspecified atom stereocenters. The molecule has 5 atom stereocenters. The van der Waals surface area contributed by atoms with Crippen LogP contribution >= 0.6 is 0 Å². The summed E-state index contributed by atoms with van der Waals surface area (Å²) in [4.78, 5) is 5.51. The van der Waals surface area contributed by atoms with E-state index in [1.807, 2.05) is 0 Å². The molecule has 0 N–H and O–H groups in total. The summed E-state index contributed by atoms with van der Waals surface area (Å²) in [6, 6.07) is 19.2. The number of rotatable bonds is 7. The third kappa shape index (κ3) is 5.30. The van der Waals surface area contributed by atoms with Gasteiger partial charge in [-0.3, -0.25) is 9.80 Å². The van der Waals surface area contributed by atoms with Crippen LogP contribution in [0.5, 0.6) is 0 Å². The van der Waals surface area contributed by atoms with Crippen LogP contribution in [-0.4, -0.2) is 59.9 Å². The first-order valence-electron chi connectivity index (χ1n) is 15.9.